The van der Waals surface area contributed by atoms with E-state index in [0.717, 1.165) is 41.7 Å². The number of aryl methyl sites for hydroxylation is 1. The van der Waals surface area contributed by atoms with E-state index in [4.69, 9.17) is 9.84 Å². The van der Waals surface area contributed by atoms with Gasteiger partial charge in [0, 0.05) is 37.9 Å². The van der Waals surface area contributed by atoms with E-state index in [1.165, 1.54) is 0 Å². The fraction of sp³-hybridized carbons (Fsp3) is 0.222. The zero-order valence-electron chi connectivity index (χ0n) is 19.4. The van der Waals surface area contributed by atoms with Gasteiger partial charge in [0.05, 0.1) is 17.1 Å². The van der Waals surface area contributed by atoms with Gasteiger partial charge in [0.2, 0.25) is 0 Å². The normalized spacial score (nSPS) is 13.7. The molecule has 0 aliphatic carbocycles. The van der Waals surface area contributed by atoms with Gasteiger partial charge in [-0.2, -0.15) is 5.10 Å². The summed E-state index contributed by atoms with van der Waals surface area (Å²) < 4.78 is 7.72. The summed E-state index contributed by atoms with van der Waals surface area (Å²) in [6.07, 6.45) is 1.77. The van der Waals surface area contributed by atoms with Gasteiger partial charge in [0.1, 0.15) is 11.5 Å². The van der Waals surface area contributed by atoms with Gasteiger partial charge in [-0.15, -0.1) is 0 Å². The molecule has 0 bridgehead atoms. The predicted octanol–water partition coefficient (Wildman–Crippen LogP) is 4.64. The lowest BCUT2D eigenvalue weighted by molar-refractivity contribution is 0.0746. The number of para-hydroxylation sites is 1. The Balaban J connectivity index is 1.23. The number of benzene rings is 2. The molecule has 2 aromatic heterocycles. The molecule has 4 aromatic rings. The number of hydrogen-bond donors (Lipinski definition) is 0. The number of carbonyl (C=O) groups excluding carboxylic acids is 1. The van der Waals surface area contributed by atoms with Crippen molar-refractivity contribution in [1.29, 1.82) is 0 Å². The summed E-state index contributed by atoms with van der Waals surface area (Å²) in [5.41, 5.74) is 3.83. The van der Waals surface area contributed by atoms with E-state index in [1.807, 2.05) is 89.3 Å². The molecule has 1 aliphatic heterocycles. The maximum Gasteiger partial charge on any atom is 0.253 e. The average Bonchev–Trinajstić information content (AvgIpc) is 3.19. The van der Waals surface area contributed by atoms with Crippen LogP contribution >= 0.6 is 0 Å². The number of nitrogens with zero attached hydrogens (tertiary/aromatic N) is 5. The Hall–Kier alpha value is -4.13. The van der Waals surface area contributed by atoms with E-state index in [0.29, 0.717) is 24.4 Å². The molecule has 0 radical (unpaired) electrons. The second kappa shape index (κ2) is 9.39. The van der Waals surface area contributed by atoms with Crippen LogP contribution in [-0.2, 0) is 0 Å². The number of aromatic nitrogens is 3. The molecule has 1 amide bonds. The Labute approximate surface area is 199 Å². The van der Waals surface area contributed by atoms with Crippen molar-refractivity contribution >= 4 is 11.6 Å². The minimum Gasteiger partial charge on any atom is -0.457 e. The smallest absolute Gasteiger partial charge is 0.253 e. The molecule has 0 spiro atoms. The van der Waals surface area contributed by atoms with Gasteiger partial charge in [-0.1, -0.05) is 24.3 Å². The van der Waals surface area contributed by atoms with Crippen LogP contribution in [0.2, 0.25) is 0 Å². The van der Waals surface area contributed by atoms with Gasteiger partial charge >= 0.3 is 0 Å². The Morgan fingerprint density at radius 2 is 1.50 bits per heavy atom. The van der Waals surface area contributed by atoms with Gasteiger partial charge in [-0.3, -0.25) is 4.79 Å². The highest BCUT2D eigenvalue weighted by atomic mass is 16.5. The van der Waals surface area contributed by atoms with E-state index in [-0.39, 0.29) is 5.91 Å². The van der Waals surface area contributed by atoms with Crippen LogP contribution in [0.4, 0.5) is 5.69 Å². The zero-order chi connectivity index (χ0) is 23.5. The summed E-state index contributed by atoms with van der Waals surface area (Å²) in [5.74, 6) is 2.34. The first-order valence-corrected chi connectivity index (χ1v) is 11.4. The molecule has 0 saturated carbocycles. The highest BCUT2D eigenvalue weighted by molar-refractivity contribution is 5.94. The molecule has 5 rings (SSSR count). The van der Waals surface area contributed by atoms with Crippen molar-refractivity contribution in [2.45, 2.75) is 13.8 Å². The molecule has 0 N–H and O–H groups in total. The monoisotopic (exact) mass is 453 g/mol. The molecule has 172 valence electrons. The second-order valence-corrected chi connectivity index (χ2v) is 8.34. The molecule has 3 heterocycles. The van der Waals surface area contributed by atoms with Crippen LogP contribution < -0.4 is 9.64 Å². The number of rotatable bonds is 5. The summed E-state index contributed by atoms with van der Waals surface area (Å²) in [4.78, 5) is 21.7. The van der Waals surface area contributed by atoms with Gasteiger partial charge < -0.3 is 14.5 Å². The third kappa shape index (κ3) is 4.37. The summed E-state index contributed by atoms with van der Waals surface area (Å²) in [5, 5.41) is 4.72. The minimum absolute atomic E-state index is 0.0449. The highest BCUT2D eigenvalue weighted by Gasteiger charge is 2.26. The Bertz CT molecular complexity index is 1260. The summed E-state index contributed by atoms with van der Waals surface area (Å²) in [6, 6.07) is 22.8. The van der Waals surface area contributed by atoms with E-state index < -0.39 is 0 Å². The SMILES string of the molecule is Cc1nn(-c2ccccn2)c(C)c1N1CCN(C(=O)c2ccc(Oc3ccccc3)cc2)CC1. The molecule has 34 heavy (non-hydrogen) atoms. The van der Waals surface area contributed by atoms with Crippen LogP contribution in [0.5, 0.6) is 11.5 Å². The zero-order valence-corrected chi connectivity index (χ0v) is 19.4. The van der Waals surface area contributed by atoms with Crippen molar-refractivity contribution in [1.82, 2.24) is 19.7 Å². The topological polar surface area (TPSA) is 63.5 Å². The van der Waals surface area contributed by atoms with E-state index >= 15 is 0 Å². The van der Waals surface area contributed by atoms with Crippen LogP contribution in [0.15, 0.2) is 79.0 Å². The Morgan fingerprint density at radius 3 is 2.18 bits per heavy atom. The molecule has 0 atom stereocenters. The highest BCUT2D eigenvalue weighted by Crippen LogP contribution is 2.28. The Kier molecular flexibility index (Phi) is 5.99. The lowest BCUT2D eigenvalue weighted by atomic mass is 10.1. The minimum atomic E-state index is 0.0449. The van der Waals surface area contributed by atoms with Crippen molar-refractivity contribution in [3.8, 4) is 17.3 Å². The first-order chi connectivity index (χ1) is 16.6. The lowest BCUT2D eigenvalue weighted by Crippen LogP contribution is -2.49. The van der Waals surface area contributed by atoms with Gasteiger partial charge in [0.25, 0.3) is 5.91 Å². The van der Waals surface area contributed by atoms with Crippen LogP contribution in [0.25, 0.3) is 5.82 Å². The third-order valence-electron chi connectivity index (χ3n) is 6.08. The van der Waals surface area contributed by atoms with E-state index in [9.17, 15) is 4.79 Å². The molecule has 0 unspecified atom stereocenters. The third-order valence-corrected chi connectivity index (χ3v) is 6.08. The summed E-state index contributed by atoms with van der Waals surface area (Å²) in [6.45, 7) is 6.94. The van der Waals surface area contributed by atoms with Crippen LogP contribution in [0.3, 0.4) is 0 Å². The molecule has 2 aromatic carbocycles. The molecule has 7 nitrogen and oxygen atoms in total. The average molecular weight is 454 g/mol. The summed E-state index contributed by atoms with van der Waals surface area (Å²) in [7, 11) is 0. The molecule has 1 saturated heterocycles. The first-order valence-electron chi connectivity index (χ1n) is 11.4. The molecular weight excluding hydrogens is 426 g/mol. The second-order valence-electron chi connectivity index (χ2n) is 8.34. The van der Waals surface area contributed by atoms with Gasteiger partial charge in [0.15, 0.2) is 5.82 Å². The van der Waals surface area contributed by atoms with Crippen LogP contribution in [0.1, 0.15) is 21.7 Å². The quantitative estimate of drug-likeness (QED) is 0.441. The van der Waals surface area contributed by atoms with E-state index in [1.54, 1.807) is 6.20 Å². The standard InChI is InChI=1S/C27H27N5O2/c1-20-26(21(2)32(29-20)25-10-6-7-15-28-25)30-16-18-31(19-17-30)27(33)22-11-13-24(14-12-22)34-23-8-4-3-5-9-23/h3-15H,16-19H2,1-2H3. The Morgan fingerprint density at radius 1 is 0.824 bits per heavy atom. The number of carbonyl (C=O) groups is 1. The maximum atomic E-state index is 13.1. The number of anilines is 1. The molecule has 1 aliphatic rings. The van der Waals surface area contributed by atoms with Crippen LogP contribution in [0, 0.1) is 13.8 Å². The van der Waals surface area contributed by atoms with Gasteiger partial charge in [-0.25, -0.2) is 9.67 Å². The molecular formula is C27H27N5O2. The van der Waals surface area contributed by atoms with Crippen molar-refractivity contribution in [2.75, 3.05) is 31.1 Å². The fourth-order valence-electron chi connectivity index (χ4n) is 4.40. The van der Waals surface area contributed by atoms with Crippen molar-refractivity contribution < 1.29 is 9.53 Å². The van der Waals surface area contributed by atoms with Crippen molar-refractivity contribution in [2.24, 2.45) is 0 Å². The summed E-state index contributed by atoms with van der Waals surface area (Å²) >= 11 is 0. The molecule has 7 heteroatoms. The van der Waals surface area contributed by atoms with Gasteiger partial charge in [-0.05, 0) is 62.4 Å². The number of amides is 1. The fourth-order valence-corrected chi connectivity index (χ4v) is 4.40. The number of pyridine rings is 1. The lowest BCUT2D eigenvalue weighted by Gasteiger charge is -2.36. The number of piperazine rings is 1. The van der Waals surface area contributed by atoms with Crippen molar-refractivity contribution in [3.63, 3.8) is 0 Å². The predicted molar refractivity (Wildman–Crippen MR) is 132 cm³/mol. The number of hydrogen-bond acceptors (Lipinski definition) is 5. The number of ether oxygens (including phenoxy) is 1. The van der Waals surface area contributed by atoms with Crippen LogP contribution in [-0.4, -0.2) is 51.8 Å². The molecule has 1 fully saturated rings. The maximum absolute atomic E-state index is 13.1. The first kappa shape index (κ1) is 21.7. The van der Waals surface area contributed by atoms with E-state index in [2.05, 4.69) is 16.8 Å². The largest absolute Gasteiger partial charge is 0.457 e. The van der Waals surface area contributed by atoms with Crippen molar-refractivity contribution in [3.05, 3.63) is 95.9 Å².